The van der Waals surface area contributed by atoms with E-state index >= 15 is 0 Å². The van der Waals surface area contributed by atoms with Crippen molar-refractivity contribution >= 4 is 28.7 Å². The second-order valence-electron chi connectivity index (χ2n) is 4.09. The van der Waals surface area contributed by atoms with Crippen LogP contribution in [-0.2, 0) is 13.0 Å². The lowest BCUT2D eigenvalue weighted by Crippen LogP contribution is -2.41. The molecular weight excluding hydrogens is 264 g/mol. The van der Waals surface area contributed by atoms with Gasteiger partial charge in [0, 0.05) is 22.2 Å². The first kappa shape index (κ1) is 13.1. The van der Waals surface area contributed by atoms with Crippen LogP contribution < -0.4 is 10.6 Å². The van der Waals surface area contributed by atoms with E-state index in [0.29, 0.717) is 6.54 Å². The normalized spacial score (nSPS) is 12.1. The number of urea groups is 1. The molecule has 18 heavy (non-hydrogen) atoms. The summed E-state index contributed by atoms with van der Waals surface area (Å²) in [6.07, 6.45) is 0.879. The van der Waals surface area contributed by atoms with Crippen molar-refractivity contribution in [1.82, 2.24) is 10.6 Å². The number of carbonyl (C=O) groups excluding carboxylic acids is 1. The average molecular weight is 280 g/mol. The molecule has 2 rings (SSSR count). The molecule has 96 valence electrons. The highest BCUT2D eigenvalue weighted by Gasteiger charge is 2.08. The van der Waals surface area contributed by atoms with Crippen LogP contribution in [-0.4, -0.2) is 12.1 Å². The molecule has 2 aromatic heterocycles. The zero-order chi connectivity index (χ0) is 12.8. The van der Waals surface area contributed by atoms with Crippen LogP contribution in [0.1, 0.15) is 16.7 Å². The van der Waals surface area contributed by atoms with Gasteiger partial charge in [0.2, 0.25) is 0 Å². The molecule has 0 bridgehead atoms. The molecule has 0 radical (unpaired) electrons. The Morgan fingerprint density at radius 2 is 1.89 bits per heavy atom. The van der Waals surface area contributed by atoms with Crippen molar-refractivity contribution < 1.29 is 4.79 Å². The summed E-state index contributed by atoms with van der Waals surface area (Å²) in [6.45, 7) is 2.61. The van der Waals surface area contributed by atoms with Crippen LogP contribution in [0, 0.1) is 0 Å². The maximum absolute atomic E-state index is 11.7. The van der Waals surface area contributed by atoms with E-state index in [1.54, 1.807) is 22.7 Å². The molecule has 0 saturated carbocycles. The smallest absolute Gasteiger partial charge is 0.315 e. The van der Waals surface area contributed by atoms with E-state index in [-0.39, 0.29) is 12.1 Å². The van der Waals surface area contributed by atoms with Gasteiger partial charge in [-0.15, -0.1) is 22.7 Å². The topological polar surface area (TPSA) is 41.1 Å². The fourth-order valence-corrected chi connectivity index (χ4v) is 3.12. The summed E-state index contributed by atoms with van der Waals surface area (Å²) in [5.41, 5.74) is 0. The average Bonchev–Trinajstić information content (AvgIpc) is 2.98. The molecule has 2 heterocycles. The number of carbonyl (C=O) groups is 1. The van der Waals surface area contributed by atoms with Crippen molar-refractivity contribution in [1.29, 1.82) is 0 Å². The predicted molar refractivity (Wildman–Crippen MR) is 77.2 cm³/mol. The first-order chi connectivity index (χ1) is 8.74. The fourth-order valence-electron chi connectivity index (χ4n) is 1.64. The van der Waals surface area contributed by atoms with Crippen molar-refractivity contribution in [2.24, 2.45) is 0 Å². The second-order valence-corrected chi connectivity index (χ2v) is 6.16. The molecule has 0 aliphatic heterocycles. The summed E-state index contributed by atoms with van der Waals surface area (Å²) < 4.78 is 0. The van der Waals surface area contributed by atoms with Crippen molar-refractivity contribution in [2.75, 3.05) is 0 Å². The molecule has 0 fully saturated rings. The van der Waals surface area contributed by atoms with Gasteiger partial charge in [0.05, 0.1) is 6.54 Å². The van der Waals surface area contributed by atoms with Gasteiger partial charge in [-0.1, -0.05) is 12.1 Å². The molecule has 0 aliphatic rings. The minimum absolute atomic E-state index is 0.104. The molecule has 1 atom stereocenters. The molecular formula is C13H16N2OS2. The van der Waals surface area contributed by atoms with Crippen molar-refractivity contribution in [3.63, 3.8) is 0 Å². The van der Waals surface area contributed by atoms with Crippen LogP contribution in [0.5, 0.6) is 0 Å². The van der Waals surface area contributed by atoms with E-state index in [4.69, 9.17) is 0 Å². The number of hydrogen-bond acceptors (Lipinski definition) is 3. The van der Waals surface area contributed by atoms with Gasteiger partial charge >= 0.3 is 6.03 Å². The SMILES string of the molecule is C[C@H](Cc1cccs1)NC(=O)NCc1cccs1. The molecule has 0 aromatic carbocycles. The molecule has 0 aliphatic carbocycles. The largest absolute Gasteiger partial charge is 0.335 e. The molecule has 2 amide bonds. The van der Waals surface area contributed by atoms with Gasteiger partial charge in [0.15, 0.2) is 0 Å². The first-order valence-corrected chi connectivity index (χ1v) is 7.59. The van der Waals surface area contributed by atoms with E-state index in [9.17, 15) is 4.79 Å². The van der Waals surface area contributed by atoms with E-state index in [0.717, 1.165) is 11.3 Å². The quantitative estimate of drug-likeness (QED) is 0.867. The first-order valence-electron chi connectivity index (χ1n) is 5.83. The summed E-state index contributed by atoms with van der Waals surface area (Å²) >= 11 is 3.37. The molecule has 0 spiro atoms. The highest BCUT2D eigenvalue weighted by molar-refractivity contribution is 7.10. The van der Waals surface area contributed by atoms with Gasteiger partial charge < -0.3 is 10.6 Å². The molecule has 2 aromatic rings. The van der Waals surface area contributed by atoms with Gasteiger partial charge in [-0.25, -0.2) is 4.79 Å². The van der Waals surface area contributed by atoms with Crippen molar-refractivity contribution in [2.45, 2.75) is 25.9 Å². The van der Waals surface area contributed by atoms with Crippen LogP contribution in [0.2, 0.25) is 0 Å². The van der Waals surface area contributed by atoms with Crippen LogP contribution in [0.15, 0.2) is 35.0 Å². The van der Waals surface area contributed by atoms with Gasteiger partial charge in [-0.3, -0.25) is 0 Å². The Labute approximate surface area is 115 Å². The standard InChI is InChI=1S/C13H16N2OS2/c1-10(8-11-4-2-6-17-11)15-13(16)14-9-12-5-3-7-18-12/h2-7,10H,8-9H2,1H3,(H2,14,15,16)/t10-/m1/s1. The lowest BCUT2D eigenvalue weighted by atomic mass is 10.2. The third-order valence-electron chi connectivity index (χ3n) is 2.47. The number of nitrogens with one attached hydrogen (secondary N) is 2. The van der Waals surface area contributed by atoms with Crippen LogP contribution in [0.4, 0.5) is 4.79 Å². The molecule has 2 N–H and O–H groups in total. The van der Waals surface area contributed by atoms with Gasteiger partial charge in [-0.2, -0.15) is 0 Å². The van der Waals surface area contributed by atoms with E-state index < -0.39 is 0 Å². The number of rotatable bonds is 5. The number of hydrogen-bond donors (Lipinski definition) is 2. The van der Waals surface area contributed by atoms with Gasteiger partial charge in [-0.05, 0) is 29.8 Å². The monoisotopic (exact) mass is 280 g/mol. The van der Waals surface area contributed by atoms with E-state index in [1.165, 1.54) is 4.88 Å². The molecule has 0 saturated heterocycles. The second kappa shape index (κ2) is 6.56. The Bertz CT molecular complexity index is 465. The van der Waals surface area contributed by atoms with Crippen molar-refractivity contribution in [3.8, 4) is 0 Å². The third-order valence-corrected chi connectivity index (χ3v) is 4.24. The number of thiophene rings is 2. The molecule has 0 unspecified atom stereocenters. The van der Waals surface area contributed by atoms with Crippen LogP contribution >= 0.6 is 22.7 Å². The molecule has 5 heteroatoms. The zero-order valence-electron chi connectivity index (χ0n) is 10.2. The number of amides is 2. The lowest BCUT2D eigenvalue weighted by Gasteiger charge is -2.13. The minimum atomic E-state index is -0.104. The maximum atomic E-state index is 11.7. The van der Waals surface area contributed by atoms with Crippen LogP contribution in [0.25, 0.3) is 0 Å². The summed E-state index contributed by atoms with van der Waals surface area (Å²) in [5, 5.41) is 9.86. The van der Waals surface area contributed by atoms with E-state index in [2.05, 4.69) is 22.1 Å². The Balaban J connectivity index is 1.70. The Morgan fingerprint density at radius 1 is 1.22 bits per heavy atom. The summed E-state index contributed by atoms with van der Waals surface area (Å²) in [6, 6.07) is 8.16. The maximum Gasteiger partial charge on any atom is 0.315 e. The van der Waals surface area contributed by atoms with Crippen LogP contribution in [0.3, 0.4) is 0 Å². The Morgan fingerprint density at radius 3 is 2.50 bits per heavy atom. The Kier molecular flexibility index (Phi) is 4.78. The fraction of sp³-hybridized carbons (Fsp3) is 0.308. The summed E-state index contributed by atoms with van der Waals surface area (Å²) in [5.74, 6) is 0. The van der Waals surface area contributed by atoms with Gasteiger partial charge in [0.1, 0.15) is 0 Å². The van der Waals surface area contributed by atoms with Crippen molar-refractivity contribution in [3.05, 3.63) is 44.8 Å². The molecule has 3 nitrogen and oxygen atoms in total. The highest BCUT2D eigenvalue weighted by atomic mass is 32.1. The lowest BCUT2D eigenvalue weighted by molar-refractivity contribution is 0.237. The zero-order valence-corrected chi connectivity index (χ0v) is 11.8. The summed E-state index contributed by atoms with van der Waals surface area (Å²) in [4.78, 5) is 14.1. The van der Waals surface area contributed by atoms with Gasteiger partial charge in [0.25, 0.3) is 0 Å². The third kappa shape index (κ3) is 4.16. The predicted octanol–water partition coefficient (Wildman–Crippen LogP) is 3.24. The summed E-state index contributed by atoms with van der Waals surface area (Å²) in [7, 11) is 0. The Hall–Kier alpha value is -1.33. The minimum Gasteiger partial charge on any atom is -0.335 e. The van der Waals surface area contributed by atoms with E-state index in [1.807, 2.05) is 30.5 Å². The highest BCUT2D eigenvalue weighted by Crippen LogP contribution is 2.11.